The third-order valence-corrected chi connectivity index (χ3v) is 5.11. The Labute approximate surface area is 152 Å². The predicted molar refractivity (Wildman–Crippen MR) is 100 cm³/mol. The lowest BCUT2D eigenvalue weighted by Gasteiger charge is -2.23. The molecule has 26 heavy (non-hydrogen) atoms. The van der Waals surface area contributed by atoms with Crippen molar-refractivity contribution in [1.29, 1.82) is 0 Å². The first kappa shape index (κ1) is 16.8. The summed E-state index contributed by atoms with van der Waals surface area (Å²) in [7, 11) is 0. The highest BCUT2D eigenvalue weighted by atomic mass is 16.5. The van der Waals surface area contributed by atoms with Gasteiger partial charge in [0.15, 0.2) is 0 Å². The number of fused-ring (bicyclic) bond motifs is 1. The molecule has 1 saturated heterocycles. The first-order chi connectivity index (χ1) is 12.7. The number of aryl methyl sites for hydroxylation is 1. The number of ether oxygens (including phenoxy) is 1. The topological polar surface area (TPSA) is 71.9 Å². The Balaban J connectivity index is 1.39. The first-order valence-corrected chi connectivity index (χ1v) is 9.17. The van der Waals surface area contributed by atoms with E-state index in [1.54, 1.807) is 0 Å². The van der Waals surface area contributed by atoms with Crippen LogP contribution in [0.3, 0.4) is 0 Å². The summed E-state index contributed by atoms with van der Waals surface area (Å²) in [6.07, 6.45) is 5.83. The Morgan fingerprint density at radius 2 is 2.19 bits per heavy atom. The molecule has 0 spiro atoms. The maximum absolute atomic E-state index is 12.4. The van der Waals surface area contributed by atoms with E-state index in [0.717, 1.165) is 55.0 Å². The number of amides is 1. The van der Waals surface area contributed by atoms with E-state index in [1.807, 2.05) is 36.7 Å². The monoisotopic (exact) mass is 352 g/mol. The van der Waals surface area contributed by atoms with E-state index in [4.69, 9.17) is 4.74 Å². The van der Waals surface area contributed by atoms with E-state index in [2.05, 4.69) is 26.8 Å². The molecule has 1 aromatic carbocycles. The van der Waals surface area contributed by atoms with Gasteiger partial charge in [-0.25, -0.2) is 4.98 Å². The summed E-state index contributed by atoms with van der Waals surface area (Å²) in [5, 5.41) is 4.13. The number of carbonyl (C=O) groups excluding carboxylic acids is 1. The highest BCUT2D eigenvalue weighted by Crippen LogP contribution is 2.26. The maximum Gasteiger partial charge on any atom is 0.251 e. The fourth-order valence-electron chi connectivity index (χ4n) is 3.62. The van der Waals surface area contributed by atoms with Crippen LogP contribution in [0.1, 0.15) is 40.6 Å². The SMILES string of the molecule is Cc1cnc(C2CCOCC2)n1CCNC(=O)c1ccc2cc[nH]c2c1. The summed E-state index contributed by atoms with van der Waals surface area (Å²) in [6, 6.07) is 7.71. The van der Waals surface area contributed by atoms with Gasteiger partial charge in [0.25, 0.3) is 5.91 Å². The standard InChI is InChI=1S/C20H24N4O2/c1-14-13-23-19(16-5-10-26-11-6-16)24(14)9-8-22-20(25)17-3-2-15-4-7-21-18(15)12-17/h2-4,7,12-13,16,21H,5-6,8-11H2,1H3,(H,22,25). The Hall–Kier alpha value is -2.60. The van der Waals surface area contributed by atoms with Gasteiger partial charge in [0, 0.05) is 61.4 Å². The molecular formula is C20H24N4O2. The van der Waals surface area contributed by atoms with E-state index in [0.29, 0.717) is 18.0 Å². The molecule has 0 unspecified atom stereocenters. The summed E-state index contributed by atoms with van der Waals surface area (Å²) in [5.74, 6) is 1.52. The molecule has 4 rings (SSSR count). The van der Waals surface area contributed by atoms with Crippen LogP contribution in [0.25, 0.3) is 10.9 Å². The number of nitrogens with one attached hydrogen (secondary N) is 2. The molecule has 3 heterocycles. The van der Waals surface area contributed by atoms with Crippen molar-refractivity contribution in [3.8, 4) is 0 Å². The second-order valence-electron chi connectivity index (χ2n) is 6.83. The van der Waals surface area contributed by atoms with E-state index >= 15 is 0 Å². The van der Waals surface area contributed by atoms with Crippen molar-refractivity contribution in [2.75, 3.05) is 19.8 Å². The lowest BCUT2D eigenvalue weighted by atomic mass is 9.99. The van der Waals surface area contributed by atoms with E-state index < -0.39 is 0 Å². The van der Waals surface area contributed by atoms with E-state index in [-0.39, 0.29) is 5.91 Å². The van der Waals surface area contributed by atoms with Gasteiger partial charge in [0.2, 0.25) is 0 Å². The third-order valence-electron chi connectivity index (χ3n) is 5.11. The molecule has 1 amide bonds. The first-order valence-electron chi connectivity index (χ1n) is 9.17. The van der Waals surface area contributed by atoms with Crippen molar-refractivity contribution in [2.24, 2.45) is 0 Å². The number of carbonyl (C=O) groups is 1. The molecule has 0 saturated carbocycles. The smallest absolute Gasteiger partial charge is 0.251 e. The highest BCUT2D eigenvalue weighted by molar-refractivity contribution is 5.97. The van der Waals surface area contributed by atoms with Gasteiger partial charge in [-0.1, -0.05) is 6.07 Å². The summed E-state index contributed by atoms with van der Waals surface area (Å²) in [6.45, 7) is 4.98. The molecule has 1 fully saturated rings. The molecule has 3 aromatic rings. The van der Waals surface area contributed by atoms with Crippen LogP contribution in [0.4, 0.5) is 0 Å². The number of imidazole rings is 1. The number of H-pyrrole nitrogens is 1. The van der Waals surface area contributed by atoms with Crippen LogP contribution in [0, 0.1) is 6.92 Å². The Bertz CT molecular complexity index is 906. The zero-order valence-electron chi connectivity index (χ0n) is 15.0. The molecule has 0 bridgehead atoms. The normalized spacial score (nSPS) is 15.4. The van der Waals surface area contributed by atoms with Crippen molar-refractivity contribution < 1.29 is 9.53 Å². The summed E-state index contributed by atoms with van der Waals surface area (Å²) < 4.78 is 7.68. The average Bonchev–Trinajstić information content (AvgIpc) is 3.28. The fraction of sp³-hybridized carbons (Fsp3) is 0.400. The Morgan fingerprint density at radius 3 is 3.04 bits per heavy atom. The Kier molecular flexibility index (Phi) is 4.75. The van der Waals surface area contributed by atoms with Gasteiger partial charge in [0.1, 0.15) is 5.82 Å². The number of aromatic nitrogens is 3. The zero-order valence-corrected chi connectivity index (χ0v) is 15.0. The van der Waals surface area contributed by atoms with Crippen molar-refractivity contribution >= 4 is 16.8 Å². The molecule has 1 aliphatic heterocycles. The van der Waals surface area contributed by atoms with Gasteiger partial charge in [0.05, 0.1) is 0 Å². The van der Waals surface area contributed by atoms with Crippen LogP contribution in [0.5, 0.6) is 0 Å². The predicted octanol–water partition coefficient (Wildman–Crippen LogP) is 3.00. The number of hydrogen-bond acceptors (Lipinski definition) is 3. The number of aromatic amines is 1. The largest absolute Gasteiger partial charge is 0.381 e. The number of nitrogens with zero attached hydrogens (tertiary/aromatic N) is 2. The zero-order chi connectivity index (χ0) is 17.9. The minimum atomic E-state index is -0.0492. The van der Waals surface area contributed by atoms with Gasteiger partial charge in [-0.05, 0) is 43.4 Å². The second kappa shape index (κ2) is 7.33. The van der Waals surface area contributed by atoms with Gasteiger partial charge < -0.3 is 19.6 Å². The molecule has 2 aromatic heterocycles. The van der Waals surface area contributed by atoms with Gasteiger partial charge in [-0.3, -0.25) is 4.79 Å². The maximum atomic E-state index is 12.4. The third kappa shape index (κ3) is 3.37. The summed E-state index contributed by atoms with van der Waals surface area (Å²) in [4.78, 5) is 20.2. The van der Waals surface area contributed by atoms with Gasteiger partial charge in [-0.15, -0.1) is 0 Å². The fourth-order valence-corrected chi connectivity index (χ4v) is 3.62. The molecule has 0 radical (unpaired) electrons. The molecule has 0 aliphatic carbocycles. The van der Waals surface area contributed by atoms with Crippen molar-refractivity contribution in [1.82, 2.24) is 19.9 Å². The summed E-state index contributed by atoms with van der Waals surface area (Å²) >= 11 is 0. The quantitative estimate of drug-likeness (QED) is 0.741. The second-order valence-corrected chi connectivity index (χ2v) is 6.83. The van der Waals surface area contributed by atoms with Crippen LogP contribution in [0.2, 0.25) is 0 Å². The molecule has 136 valence electrons. The van der Waals surface area contributed by atoms with E-state index in [9.17, 15) is 4.79 Å². The van der Waals surface area contributed by atoms with Crippen molar-refractivity contribution in [3.05, 3.63) is 53.7 Å². The minimum absolute atomic E-state index is 0.0492. The van der Waals surface area contributed by atoms with Gasteiger partial charge >= 0.3 is 0 Å². The van der Waals surface area contributed by atoms with Crippen LogP contribution in [0.15, 0.2) is 36.7 Å². The minimum Gasteiger partial charge on any atom is -0.381 e. The van der Waals surface area contributed by atoms with Crippen molar-refractivity contribution in [3.63, 3.8) is 0 Å². The lowest BCUT2D eigenvalue weighted by molar-refractivity contribution is 0.0827. The molecule has 0 atom stereocenters. The van der Waals surface area contributed by atoms with Crippen LogP contribution in [-0.4, -0.2) is 40.2 Å². The molecule has 2 N–H and O–H groups in total. The number of hydrogen-bond donors (Lipinski definition) is 2. The molecule has 1 aliphatic rings. The number of rotatable bonds is 5. The van der Waals surface area contributed by atoms with Crippen LogP contribution in [-0.2, 0) is 11.3 Å². The van der Waals surface area contributed by atoms with Crippen LogP contribution < -0.4 is 5.32 Å². The van der Waals surface area contributed by atoms with Crippen molar-refractivity contribution in [2.45, 2.75) is 32.2 Å². The molecule has 6 heteroatoms. The number of benzene rings is 1. The Morgan fingerprint density at radius 1 is 1.35 bits per heavy atom. The summed E-state index contributed by atoms with van der Waals surface area (Å²) in [5.41, 5.74) is 2.78. The molecule has 6 nitrogen and oxygen atoms in total. The average molecular weight is 352 g/mol. The highest BCUT2D eigenvalue weighted by Gasteiger charge is 2.21. The van der Waals surface area contributed by atoms with Crippen LogP contribution >= 0.6 is 0 Å². The lowest BCUT2D eigenvalue weighted by Crippen LogP contribution is -2.28. The molecular weight excluding hydrogens is 328 g/mol. The van der Waals surface area contributed by atoms with Gasteiger partial charge in [-0.2, -0.15) is 0 Å². The van der Waals surface area contributed by atoms with E-state index in [1.165, 1.54) is 0 Å².